The Morgan fingerprint density at radius 1 is 1.50 bits per heavy atom. The monoisotopic (exact) mass is 248 g/mol. The molecular formula is C14H20N2O2. The fourth-order valence-corrected chi connectivity index (χ4v) is 1.75. The number of aromatic nitrogens is 1. The van der Waals surface area contributed by atoms with Gasteiger partial charge in [0.15, 0.2) is 0 Å². The van der Waals surface area contributed by atoms with Gasteiger partial charge in [-0.25, -0.2) is 0 Å². The average Bonchev–Trinajstić information content (AvgIpc) is 2.35. The van der Waals surface area contributed by atoms with Crippen LogP contribution in [-0.4, -0.2) is 10.5 Å². The number of pyridine rings is 1. The van der Waals surface area contributed by atoms with E-state index in [9.17, 15) is 9.59 Å². The number of rotatable bonds is 5. The van der Waals surface area contributed by atoms with Crippen molar-refractivity contribution in [3.05, 3.63) is 40.3 Å². The van der Waals surface area contributed by atoms with Crippen LogP contribution in [0, 0.1) is 13.8 Å². The molecule has 98 valence electrons. The minimum Gasteiger partial charge on any atom is -0.318 e. The Morgan fingerprint density at radius 2 is 2.17 bits per heavy atom. The molecule has 4 nitrogen and oxygen atoms in total. The summed E-state index contributed by atoms with van der Waals surface area (Å²) in [6.45, 7) is 9.99. The molecule has 0 aliphatic carbocycles. The highest BCUT2D eigenvalue weighted by Gasteiger charge is 2.10. The van der Waals surface area contributed by atoms with Gasteiger partial charge in [0.25, 0.3) is 5.56 Å². The van der Waals surface area contributed by atoms with E-state index >= 15 is 0 Å². The molecule has 0 fully saturated rings. The molecule has 0 radical (unpaired) electrons. The molecule has 1 amide bonds. The number of hydrogen-bond acceptors (Lipinski definition) is 2. The van der Waals surface area contributed by atoms with Gasteiger partial charge in [-0.3, -0.25) is 9.59 Å². The van der Waals surface area contributed by atoms with E-state index in [1.165, 1.54) is 0 Å². The zero-order valence-electron chi connectivity index (χ0n) is 11.2. The molecule has 0 bridgehead atoms. The third-order valence-electron chi connectivity index (χ3n) is 2.99. The Morgan fingerprint density at radius 3 is 2.72 bits per heavy atom. The van der Waals surface area contributed by atoms with Crippen molar-refractivity contribution in [2.75, 3.05) is 5.32 Å². The summed E-state index contributed by atoms with van der Waals surface area (Å²) in [7, 11) is 0. The predicted molar refractivity (Wildman–Crippen MR) is 73.9 cm³/mol. The second-order valence-corrected chi connectivity index (χ2v) is 4.33. The lowest BCUT2D eigenvalue weighted by Crippen LogP contribution is -2.27. The number of aryl methyl sites for hydroxylation is 1. The van der Waals surface area contributed by atoms with Crippen molar-refractivity contribution in [2.45, 2.75) is 40.2 Å². The van der Waals surface area contributed by atoms with E-state index in [0.29, 0.717) is 12.2 Å². The zero-order chi connectivity index (χ0) is 13.7. The molecule has 1 N–H and O–H groups in total. The summed E-state index contributed by atoms with van der Waals surface area (Å²) in [5.74, 6) is -0.364. The summed E-state index contributed by atoms with van der Waals surface area (Å²) >= 11 is 0. The molecule has 0 aliphatic rings. The molecule has 1 aromatic heterocycles. The number of unbranched alkanes of at least 4 members (excludes halogenated alkanes) is 1. The van der Waals surface area contributed by atoms with Crippen molar-refractivity contribution in [1.29, 1.82) is 0 Å². The van der Waals surface area contributed by atoms with Gasteiger partial charge in [0.05, 0.1) is 0 Å². The van der Waals surface area contributed by atoms with Gasteiger partial charge in [0.2, 0.25) is 5.91 Å². The Hall–Kier alpha value is -1.84. The van der Waals surface area contributed by atoms with E-state index in [1.807, 2.05) is 13.8 Å². The number of carbonyl (C=O) groups is 1. The van der Waals surface area contributed by atoms with E-state index in [4.69, 9.17) is 0 Å². The quantitative estimate of drug-likeness (QED) is 0.813. The van der Waals surface area contributed by atoms with Crippen LogP contribution in [0.15, 0.2) is 23.5 Å². The largest absolute Gasteiger partial charge is 0.318 e. The third-order valence-corrected chi connectivity index (χ3v) is 2.99. The van der Waals surface area contributed by atoms with E-state index in [2.05, 4.69) is 18.8 Å². The van der Waals surface area contributed by atoms with Crippen molar-refractivity contribution >= 4 is 11.6 Å². The van der Waals surface area contributed by atoms with Gasteiger partial charge in [0.1, 0.15) is 5.69 Å². The fraction of sp³-hybridized carbons (Fsp3) is 0.429. The Kier molecular flexibility index (Phi) is 4.89. The lowest BCUT2D eigenvalue weighted by molar-refractivity contribution is -0.111. The zero-order valence-corrected chi connectivity index (χ0v) is 11.2. The highest BCUT2D eigenvalue weighted by atomic mass is 16.2. The first-order valence-electron chi connectivity index (χ1n) is 6.15. The number of carbonyl (C=O) groups excluding carboxylic acids is 1. The summed E-state index contributed by atoms with van der Waals surface area (Å²) < 4.78 is 1.72. The first kappa shape index (κ1) is 14.2. The fourth-order valence-electron chi connectivity index (χ4n) is 1.75. The van der Waals surface area contributed by atoms with E-state index in [1.54, 1.807) is 10.6 Å². The highest BCUT2D eigenvalue weighted by molar-refractivity contribution is 5.98. The summed E-state index contributed by atoms with van der Waals surface area (Å²) in [4.78, 5) is 23.5. The van der Waals surface area contributed by atoms with Gasteiger partial charge < -0.3 is 9.88 Å². The number of amides is 1. The lowest BCUT2D eigenvalue weighted by Gasteiger charge is -2.14. The number of nitrogens with one attached hydrogen (secondary N) is 1. The van der Waals surface area contributed by atoms with E-state index < -0.39 is 0 Å². The number of nitrogens with zero attached hydrogens (tertiary/aromatic N) is 1. The first-order valence-corrected chi connectivity index (χ1v) is 6.15. The highest BCUT2D eigenvalue weighted by Crippen LogP contribution is 2.11. The Bertz CT molecular complexity index is 515. The van der Waals surface area contributed by atoms with Crippen LogP contribution in [-0.2, 0) is 11.3 Å². The van der Waals surface area contributed by atoms with Crippen LogP contribution in [0.25, 0.3) is 0 Å². The summed E-state index contributed by atoms with van der Waals surface area (Å²) in [5, 5.41) is 2.55. The Balaban J connectivity index is 3.21. The maximum Gasteiger partial charge on any atom is 0.274 e. The van der Waals surface area contributed by atoms with Crippen molar-refractivity contribution in [1.82, 2.24) is 4.57 Å². The van der Waals surface area contributed by atoms with Gasteiger partial charge in [-0.15, -0.1) is 0 Å². The van der Waals surface area contributed by atoms with Crippen molar-refractivity contribution in [3.63, 3.8) is 0 Å². The molecule has 0 aliphatic heterocycles. The van der Waals surface area contributed by atoms with E-state index in [-0.39, 0.29) is 11.5 Å². The maximum atomic E-state index is 12.2. The van der Waals surface area contributed by atoms with Crippen molar-refractivity contribution in [2.24, 2.45) is 0 Å². The van der Waals surface area contributed by atoms with Crippen molar-refractivity contribution < 1.29 is 4.79 Å². The van der Waals surface area contributed by atoms with Crippen LogP contribution in [0.1, 0.15) is 31.0 Å². The van der Waals surface area contributed by atoms with E-state index in [0.717, 1.165) is 30.2 Å². The molecule has 4 heteroatoms. The molecule has 0 unspecified atom stereocenters. The Labute approximate surface area is 107 Å². The smallest absolute Gasteiger partial charge is 0.274 e. The average molecular weight is 248 g/mol. The second-order valence-electron chi connectivity index (χ2n) is 4.33. The van der Waals surface area contributed by atoms with Crippen LogP contribution < -0.4 is 10.9 Å². The summed E-state index contributed by atoms with van der Waals surface area (Å²) in [6.07, 6.45) is 3.12. The van der Waals surface area contributed by atoms with Crippen LogP contribution in [0.5, 0.6) is 0 Å². The normalized spacial score (nSPS) is 10.2. The van der Waals surface area contributed by atoms with Gasteiger partial charge >= 0.3 is 0 Å². The van der Waals surface area contributed by atoms with Crippen LogP contribution in [0.2, 0.25) is 0 Å². The molecule has 0 spiro atoms. The predicted octanol–water partition coefficient (Wildman–Crippen LogP) is 2.39. The standard InChI is InChI=1S/C14H20N2O2/c1-5-7-8-16-11(4)10(3)9-12(14(16)18)15-13(17)6-2/h6,9H,2,5,7-8H2,1,3-4H3,(H,15,17). The van der Waals surface area contributed by atoms with Gasteiger partial charge in [-0.1, -0.05) is 19.9 Å². The molecule has 1 rings (SSSR count). The van der Waals surface area contributed by atoms with Gasteiger partial charge in [-0.05, 0) is 38.0 Å². The molecule has 0 atom stereocenters. The topological polar surface area (TPSA) is 51.1 Å². The summed E-state index contributed by atoms with van der Waals surface area (Å²) in [6, 6.07) is 1.71. The molecule has 0 saturated heterocycles. The SMILES string of the molecule is C=CC(=O)Nc1cc(C)c(C)n(CCCC)c1=O. The first-order chi connectivity index (χ1) is 8.51. The minimum absolute atomic E-state index is 0.151. The summed E-state index contributed by atoms with van der Waals surface area (Å²) in [5.41, 5.74) is 2.11. The molecular weight excluding hydrogens is 228 g/mol. The molecule has 1 aromatic rings. The molecule has 1 heterocycles. The lowest BCUT2D eigenvalue weighted by atomic mass is 10.2. The third kappa shape index (κ3) is 3.09. The minimum atomic E-state index is -0.364. The van der Waals surface area contributed by atoms with Crippen LogP contribution >= 0.6 is 0 Å². The molecule has 0 saturated carbocycles. The molecule has 0 aromatic carbocycles. The second kappa shape index (κ2) is 6.19. The number of anilines is 1. The van der Waals surface area contributed by atoms with Crippen molar-refractivity contribution in [3.8, 4) is 0 Å². The molecule has 18 heavy (non-hydrogen) atoms. The number of hydrogen-bond donors (Lipinski definition) is 1. The van der Waals surface area contributed by atoms with Crippen LogP contribution in [0.3, 0.4) is 0 Å². The van der Waals surface area contributed by atoms with Gasteiger partial charge in [0, 0.05) is 12.2 Å². The maximum absolute atomic E-state index is 12.2. The van der Waals surface area contributed by atoms with Gasteiger partial charge in [-0.2, -0.15) is 0 Å². The van der Waals surface area contributed by atoms with Crippen LogP contribution in [0.4, 0.5) is 5.69 Å².